The summed E-state index contributed by atoms with van der Waals surface area (Å²) in [5.74, 6) is -1.87. The number of ketones is 1. The molecule has 0 aromatic heterocycles. The molecule has 0 unspecified atom stereocenters. The Kier molecular flexibility index (Phi) is 6.23. The average Bonchev–Trinajstić information content (AvgIpc) is 2.60. The van der Waals surface area contributed by atoms with Crippen LogP contribution in [0.1, 0.15) is 22.8 Å². The maximum absolute atomic E-state index is 12.8. The Balaban J connectivity index is 1.92. The Hall–Kier alpha value is -2.58. The van der Waals surface area contributed by atoms with Gasteiger partial charge in [-0.15, -0.1) is 0 Å². The minimum Gasteiger partial charge on any atom is -0.453 e. The first kappa shape index (κ1) is 19.7. The summed E-state index contributed by atoms with van der Waals surface area (Å²) in [6.45, 7) is 2.64. The fraction of sp³-hybridized carbons (Fsp3) is 0.222. The second-order valence-electron chi connectivity index (χ2n) is 5.64. The van der Waals surface area contributed by atoms with E-state index in [1.54, 1.807) is 24.3 Å². The van der Waals surface area contributed by atoms with Gasteiger partial charge in [0.1, 0.15) is 12.4 Å². The number of hydrogen-bond acceptors (Lipinski definition) is 5. The molecule has 1 N–H and O–H groups in total. The van der Waals surface area contributed by atoms with Crippen molar-refractivity contribution < 1.29 is 27.1 Å². The third-order valence-electron chi connectivity index (χ3n) is 3.54. The number of esters is 1. The summed E-state index contributed by atoms with van der Waals surface area (Å²) in [6.07, 6.45) is -1.06. The number of Topliss-reactive ketones (excluding diaryl/α,β-unsaturated/α-hetero) is 1. The summed E-state index contributed by atoms with van der Waals surface area (Å²) in [7, 11) is -3.99. The Bertz CT molecular complexity index is 892. The minimum atomic E-state index is -3.99. The molecule has 0 heterocycles. The van der Waals surface area contributed by atoms with Crippen molar-refractivity contribution in [3.05, 3.63) is 65.5 Å². The second kappa shape index (κ2) is 8.20. The largest absolute Gasteiger partial charge is 0.453 e. The standard InChI is InChI=1S/C18H18FNO5S/c1-12-3-5-14(6-4-12)18(22)13(2)25-17(21)11-20-26(23,24)16-9-7-15(19)8-10-16/h3-10,13,20H,11H2,1-2H3/t13-/m0/s1. The van der Waals surface area contributed by atoms with E-state index < -0.39 is 34.5 Å². The molecule has 1 atom stereocenters. The van der Waals surface area contributed by atoms with E-state index in [1.165, 1.54) is 6.92 Å². The zero-order valence-electron chi connectivity index (χ0n) is 14.2. The minimum absolute atomic E-state index is 0.185. The monoisotopic (exact) mass is 379 g/mol. The molecule has 0 amide bonds. The van der Waals surface area contributed by atoms with Crippen LogP contribution in [0.4, 0.5) is 4.39 Å². The Morgan fingerprint density at radius 3 is 2.23 bits per heavy atom. The first-order valence-corrected chi connectivity index (χ1v) is 9.23. The molecule has 0 spiro atoms. The lowest BCUT2D eigenvalue weighted by atomic mass is 10.1. The number of ether oxygens (including phenoxy) is 1. The summed E-state index contributed by atoms with van der Waals surface area (Å²) in [6, 6.07) is 10.9. The number of benzene rings is 2. The van der Waals surface area contributed by atoms with Crippen molar-refractivity contribution in [3.63, 3.8) is 0 Å². The molecule has 0 aliphatic heterocycles. The van der Waals surface area contributed by atoms with E-state index in [2.05, 4.69) is 0 Å². The van der Waals surface area contributed by atoms with E-state index >= 15 is 0 Å². The van der Waals surface area contributed by atoms with Gasteiger partial charge in [-0.1, -0.05) is 29.8 Å². The predicted molar refractivity (Wildman–Crippen MR) is 92.7 cm³/mol. The Morgan fingerprint density at radius 1 is 1.08 bits per heavy atom. The number of carbonyl (C=O) groups is 2. The lowest BCUT2D eigenvalue weighted by Crippen LogP contribution is -2.34. The number of halogens is 1. The molecule has 138 valence electrons. The van der Waals surface area contributed by atoms with Crippen LogP contribution in [0.25, 0.3) is 0 Å². The second-order valence-corrected chi connectivity index (χ2v) is 7.41. The van der Waals surface area contributed by atoms with E-state index in [9.17, 15) is 22.4 Å². The first-order chi connectivity index (χ1) is 12.2. The highest BCUT2D eigenvalue weighted by atomic mass is 32.2. The van der Waals surface area contributed by atoms with Gasteiger partial charge >= 0.3 is 5.97 Å². The van der Waals surface area contributed by atoms with E-state index in [0.717, 1.165) is 29.8 Å². The number of sulfonamides is 1. The molecule has 2 aromatic carbocycles. The molecular formula is C18H18FNO5S. The molecule has 0 saturated carbocycles. The molecule has 2 rings (SSSR count). The average molecular weight is 379 g/mol. The predicted octanol–water partition coefficient (Wildman–Crippen LogP) is 2.23. The summed E-state index contributed by atoms with van der Waals surface area (Å²) in [5, 5.41) is 0. The van der Waals surface area contributed by atoms with Crippen LogP contribution in [-0.4, -0.2) is 32.8 Å². The van der Waals surface area contributed by atoms with Crippen molar-refractivity contribution in [1.82, 2.24) is 4.72 Å². The molecule has 0 bridgehead atoms. The van der Waals surface area contributed by atoms with Gasteiger partial charge < -0.3 is 4.74 Å². The van der Waals surface area contributed by atoms with Crippen LogP contribution in [0.3, 0.4) is 0 Å². The topological polar surface area (TPSA) is 89.5 Å². The van der Waals surface area contributed by atoms with Gasteiger partial charge in [-0.05, 0) is 38.1 Å². The summed E-state index contributed by atoms with van der Waals surface area (Å²) >= 11 is 0. The van der Waals surface area contributed by atoms with E-state index in [1.807, 2.05) is 11.6 Å². The number of carbonyl (C=O) groups excluding carboxylic acids is 2. The van der Waals surface area contributed by atoms with Crippen LogP contribution in [0.15, 0.2) is 53.4 Å². The third kappa shape index (κ3) is 5.21. The molecule has 2 aromatic rings. The molecule has 6 nitrogen and oxygen atoms in total. The third-order valence-corrected chi connectivity index (χ3v) is 4.96. The number of hydrogen-bond donors (Lipinski definition) is 1. The SMILES string of the molecule is Cc1ccc(C(=O)[C@H](C)OC(=O)CNS(=O)(=O)c2ccc(F)cc2)cc1. The molecule has 8 heteroatoms. The Morgan fingerprint density at radius 2 is 1.65 bits per heavy atom. The van der Waals surface area contributed by atoms with Gasteiger partial charge in [0, 0.05) is 5.56 Å². The van der Waals surface area contributed by atoms with Crippen LogP contribution in [0, 0.1) is 12.7 Å². The van der Waals surface area contributed by atoms with Crippen molar-refractivity contribution in [2.75, 3.05) is 6.54 Å². The van der Waals surface area contributed by atoms with Gasteiger partial charge in [-0.3, -0.25) is 9.59 Å². The van der Waals surface area contributed by atoms with Crippen LogP contribution in [-0.2, 0) is 19.6 Å². The van der Waals surface area contributed by atoms with Gasteiger partial charge in [0.2, 0.25) is 15.8 Å². The van der Waals surface area contributed by atoms with Gasteiger partial charge in [0.25, 0.3) is 0 Å². The van der Waals surface area contributed by atoms with Gasteiger partial charge in [0.15, 0.2) is 6.10 Å². The van der Waals surface area contributed by atoms with Crippen molar-refractivity contribution in [3.8, 4) is 0 Å². The fourth-order valence-corrected chi connectivity index (χ4v) is 3.06. The number of nitrogens with one attached hydrogen (secondary N) is 1. The number of rotatable bonds is 7. The first-order valence-electron chi connectivity index (χ1n) is 7.74. The molecule has 0 radical (unpaired) electrons. The lowest BCUT2D eigenvalue weighted by Gasteiger charge is -2.13. The normalized spacial score (nSPS) is 12.4. The van der Waals surface area contributed by atoms with Crippen LogP contribution >= 0.6 is 0 Å². The van der Waals surface area contributed by atoms with Gasteiger partial charge in [0.05, 0.1) is 4.90 Å². The molecular weight excluding hydrogens is 361 g/mol. The van der Waals surface area contributed by atoms with Crippen molar-refractivity contribution >= 4 is 21.8 Å². The van der Waals surface area contributed by atoms with Crippen LogP contribution in [0.5, 0.6) is 0 Å². The highest BCUT2D eigenvalue weighted by Crippen LogP contribution is 2.10. The maximum Gasteiger partial charge on any atom is 0.321 e. The zero-order chi connectivity index (χ0) is 19.3. The molecule has 0 fully saturated rings. The molecule has 0 aliphatic carbocycles. The van der Waals surface area contributed by atoms with Crippen molar-refractivity contribution in [1.29, 1.82) is 0 Å². The maximum atomic E-state index is 12.8. The highest BCUT2D eigenvalue weighted by molar-refractivity contribution is 7.89. The van der Waals surface area contributed by atoms with E-state index in [-0.39, 0.29) is 10.7 Å². The van der Waals surface area contributed by atoms with E-state index in [4.69, 9.17) is 4.74 Å². The quantitative estimate of drug-likeness (QED) is 0.589. The molecule has 0 aliphatic rings. The molecule has 0 saturated heterocycles. The summed E-state index contributed by atoms with van der Waals surface area (Å²) < 4.78 is 43.9. The van der Waals surface area contributed by atoms with Crippen LogP contribution in [0.2, 0.25) is 0 Å². The zero-order valence-corrected chi connectivity index (χ0v) is 15.0. The smallest absolute Gasteiger partial charge is 0.321 e. The van der Waals surface area contributed by atoms with Crippen molar-refractivity contribution in [2.45, 2.75) is 24.8 Å². The fourth-order valence-electron chi connectivity index (χ4n) is 2.10. The molecule has 26 heavy (non-hydrogen) atoms. The Labute approximate surface area is 151 Å². The van der Waals surface area contributed by atoms with Crippen LogP contribution < -0.4 is 4.72 Å². The lowest BCUT2D eigenvalue weighted by molar-refractivity contribution is -0.144. The van der Waals surface area contributed by atoms with Gasteiger partial charge in [-0.2, -0.15) is 4.72 Å². The van der Waals surface area contributed by atoms with E-state index in [0.29, 0.717) is 5.56 Å². The number of aryl methyl sites for hydroxylation is 1. The summed E-state index contributed by atoms with van der Waals surface area (Å²) in [5.41, 5.74) is 1.38. The van der Waals surface area contributed by atoms with Gasteiger partial charge in [-0.25, -0.2) is 12.8 Å². The van der Waals surface area contributed by atoms with Crippen molar-refractivity contribution in [2.24, 2.45) is 0 Å². The highest BCUT2D eigenvalue weighted by Gasteiger charge is 2.21. The summed E-state index contributed by atoms with van der Waals surface area (Å²) in [4.78, 5) is 23.8.